The maximum absolute atomic E-state index is 6.15. The van der Waals surface area contributed by atoms with Crippen LogP contribution in [0, 0.1) is 5.92 Å². The second-order valence-corrected chi connectivity index (χ2v) is 6.11. The minimum absolute atomic E-state index is 0.368. The van der Waals surface area contributed by atoms with Crippen molar-refractivity contribution in [1.29, 1.82) is 0 Å². The van der Waals surface area contributed by atoms with Gasteiger partial charge in [-0.1, -0.05) is 64.5 Å². The SMILES string of the molecule is Clc1ccc(C(Br)CC2CCC2)c(Cl)c1. The van der Waals surface area contributed by atoms with E-state index < -0.39 is 0 Å². The second-order valence-electron chi connectivity index (χ2n) is 4.17. The molecule has 0 bridgehead atoms. The van der Waals surface area contributed by atoms with Crippen molar-refractivity contribution in [2.24, 2.45) is 5.92 Å². The average Bonchev–Trinajstić information content (AvgIpc) is 2.11. The maximum Gasteiger partial charge on any atom is 0.0464 e. The fourth-order valence-electron chi connectivity index (χ4n) is 1.90. The van der Waals surface area contributed by atoms with E-state index in [4.69, 9.17) is 23.2 Å². The highest BCUT2D eigenvalue weighted by Crippen LogP contribution is 2.41. The Morgan fingerprint density at radius 2 is 2.07 bits per heavy atom. The third kappa shape index (κ3) is 2.89. The lowest BCUT2D eigenvalue weighted by atomic mass is 9.81. The number of rotatable bonds is 3. The zero-order valence-electron chi connectivity index (χ0n) is 8.35. The largest absolute Gasteiger partial charge is 0.0843 e. The van der Waals surface area contributed by atoms with E-state index >= 15 is 0 Å². The Hall–Kier alpha value is 0.280. The van der Waals surface area contributed by atoms with Crippen LogP contribution < -0.4 is 0 Å². The Morgan fingerprint density at radius 3 is 2.60 bits per heavy atom. The molecule has 1 aliphatic rings. The second kappa shape index (κ2) is 5.07. The minimum atomic E-state index is 0.368. The van der Waals surface area contributed by atoms with Gasteiger partial charge in [0.1, 0.15) is 0 Å². The highest BCUT2D eigenvalue weighted by atomic mass is 79.9. The van der Waals surface area contributed by atoms with Crippen LogP contribution in [0.3, 0.4) is 0 Å². The van der Waals surface area contributed by atoms with Crippen LogP contribution in [0.15, 0.2) is 18.2 Å². The molecular formula is C12H13BrCl2. The number of benzene rings is 1. The van der Waals surface area contributed by atoms with Crippen LogP contribution in [0.2, 0.25) is 10.0 Å². The number of hydrogen-bond donors (Lipinski definition) is 0. The summed E-state index contributed by atoms with van der Waals surface area (Å²) < 4.78 is 0. The van der Waals surface area contributed by atoms with E-state index in [0.717, 1.165) is 16.5 Å². The molecule has 0 aromatic heterocycles. The lowest BCUT2D eigenvalue weighted by molar-refractivity contribution is 0.295. The molecule has 15 heavy (non-hydrogen) atoms. The first-order chi connectivity index (χ1) is 7.16. The quantitative estimate of drug-likeness (QED) is 0.636. The van der Waals surface area contributed by atoms with Crippen molar-refractivity contribution >= 4 is 39.1 Å². The van der Waals surface area contributed by atoms with E-state index in [1.165, 1.54) is 25.7 Å². The molecule has 0 nitrogen and oxygen atoms in total. The van der Waals surface area contributed by atoms with Crippen LogP contribution in [-0.4, -0.2) is 0 Å². The van der Waals surface area contributed by atoms with Gasteiger partial charge in [0.2, 0.25) is 0 Å². The van der Waals surface area contributed by atoms with Crippen LogP contribution in [0.5, 0.6) is 0 Å². The predicted octanol–water partition coefficient (Wildman–Crippen LogP) is 5.62. The lowest BCUT2D eigenvalue weighted by Gasteiger charge is -2.27. The minimum Gasteiger partial charge on any atom is -0.0843 e. The fourth-order valence-corrected chi connectivity index (χ4v) is 3.50. The molecule has 0 saturated heterocycles. The van der Waals surface area contributed by atoms with Crippen molar-refractivity contribution in [2.45, 2.75) is 30.5 Å². The Bertz CT molecular complexity index is 347. The Balaban J connectivity index is 2.06. The fraction of sp³-hybridized carbons (Fsp3) is 0.500. The first-order valence-corrected chi connectivity index (χ1v) is 6.93. The molecule has 1 unspecified atom stereocenters. The Kier molecular flexibility index (Phi) is 3.98. The molecule has 82 valence electrons. The van der Waals surface area contributed by atoms with Crippen molar-refractivity contribution in [2.75, 3.05) is 0 Å². The lowest BCUT2D eigenvalue weighted by Crippen LogP contribution is -2.12. The van der Waals surface area contributed by atoms with Crippen LogP contribution in [0.25, 0.3) is 0 Å². The van der Waals surface area contributed by atoms with E-state index in [0.29, 0.717) is 9.85 Å². The van der Waals surface area contributed by atoms with Gasteiger partial charge in [-0.3, -0.25) is 0 Å². The summed E-state index contributed by atoms with van der Waals surface area (Å²) in [6.07, 6.45) is 5.31. The highest BCUT2D eigenvalue weighted by molar-refractivity contribution is 9.09. The van der Waals surface area contributed by atoms with Crippen LogP contribution in [0.4, 0.5) is 0 Å². The molecule has 1 fully saturated rings. The molecule has 0 spiro atoms. The van der Waals surface area contributed by atoms with Gasteiger partial charge in [-0.15, -0.1) is 0 Å². The molecule has 1 aliphatic carbocycles. The molecule has 1 atom stereocenters. The number of alkyl halides is 1. The van der Waals surface area contributed by atoms with E-state index in [1.807, 2.05) is 18.2 Å². The summed E-state index contributed by atoms with van der Waals surface area (Å²) in [6.45, 7) is 0. The molecule has 2 rings (SSSR count). The van der Waals surface area contributed by atoms with Crippen molar-refractivity contribution in [1.82, 2.24) is 0 Å². The topological polar surface area (TPSA) is 0 Å². The van der Waals surface area contributed by atoms with Gasteiger partial charge in [-0.05, 0) is 30.0 Å². The van der Waals surface area contributed by atoms with E-state index in [1.54, 1.807) is 0 Å². The van der Waals surface area contributed by atoms with Gasteiger partial charge in [0.15, 0.2) is 0 Å². The summed E-state index contributed by atoms with van der Waals surface area (Å²) in [4.78, 5) is 0.368. The normalized spacial score (nSPS) is 18.6. The first kappa shape index (κ1) is 11.8. The van der Waals surface area contributed by atoms with E-state index in [2.05, 4.69) is 15.9 Å². The summed E-state index contributed by atoms with van der Waals surface area (Å²) in [5, 5.41) is 1.47. The van der Waals surface area contributed by atoms with Crippen molar-refractivity contribution in [3.8, 4) is 0 Å². The molecule has 0 N–H and O–H groups in total. The summed E-state index contributed by atoms with van der Waals surface area (Å²) in [5.41, 5.74) is 1.16. The van der Waals surface area contributed by atoms with Gasteiger partial charge < -0.3 is 0 Å². The summed E-state index contributed by atoms with van der Waals surface area (Å²) in [6, 6.07) is 5.73. The number of hydrogen-bond acceptors (Lipinski definition) is 0. The highest BCUT2D eigenvalue weighted by Gasteiger charge is 2.22. The van der Waals surface area contributed by atoms with Crippen molar-refractivity contribution in [3.63, 3.8) is 0 Å². The molecule has 3 heteroatoms. The van der Waals surface area contributed by atoms with Crippen LogP contribution >= 0.6 is 39.1 Å². The molecule has 1 aromatic rings. The van der Waals surface area contributed by atoms with Gasteiger partial charge >= 0.3 is 0 Å². The Morgan fingerprint density at radius 1 is 1.33 bits per heavy atom. The third-order valence-electron chi connectivity index (χ3n) is 3.06. The maximum atomic E-state index is 6.15. The monoisotopic (exact) mass is 306 g/mol. The average molecular weight is 308 g/mol. The van der Waals surface area contributed by atoms with Gasteiger partial charge in [0, 0.05) is 14.9 Å². The first-order valence-electron chi connectivity index (χ1n) is 5.26. The smallest absolute Gasteiger partial charge is 0.0464 e. The number of halogens is 3. The van der Waals surface area contributed by atoms with Gasteiger partial charge in [0.05, 0.1) is 0 Å². The van der Waals surface area contributed by atoms with E-state index in [-0.39, 0.29) is 0 Å². The van der Waals surface area contributed by atoms with Crippen LogP contribution in [-0.2, 0) is 0 Å². The molecule has 0 aliphatic heterocycles. The molecule has 0 amide bonds. The third-order valence-corrected chi connectivity index (χ3v) is 4.49. The standard InChI is InChI=1S/C12H13BrCl2/c13-11(6-8-2-1-3-8)10-5-4-9(14)7-12(10)15/h4-5,7-8,11H,1-3,6H2. The molecule has 0 heterocycles. The Labute approximate surface area is 109 Å². The molecule has 0 radical (unpaired) electrons. The summed E-state index contributed by atoms with van der Waals surface area (Å²) in [5.74, 6) is 0.876. The van der Waals surface area contributed by atoms with Gasteiger partial charge in [-0.25, -0.2) is 0 Å². The van der Waals surface area contributed by atoms with Crippen molar-refractivity contribution in [3.05, 3.63) is 33.8 Å². The summed E-state index contributed by atoms with van der Waals surface area (Å²) in [7, 11) is 0. The van der Waals surface area contributed by atoms with Gasteiger partial charge in [-0.2, -0.15) is 0 Å². The molecule has 1 saturated carbocycles. The van der Waals surface area contributed by atoms with Crippen LogP contribution in [0.1, 0.15) is 36.1 Å². The zero-order valence-corrected chi connectivity index (χ0v) is 11.4. The zero-order chi connectivity index (χ0) is 10.8. The van der Waals surface area contributed by atoms with Gasteiger partial charge in [0.25, 0.3) is 0 Å². The van der Waals surface area contributed by atoms with Crippen molar-refractivity contribution < 1.29 is 0 Å². The predicted molar refractivity (Wildman–Crippen MR) is 70.1 cm³/mol. The summed E-state index contributed by atoms with van der Waals surface area (Å²) >= 11 is 15.7. The molecule has 1 aromatic carbocycles. The molecular weight excluding hydrogens is 295 g/mol. The van der Waals surface area contributed by atoms with E-state index in [9.17, 15) is 0 Å².